The second kappa shape index (κ2) is 4.95. The van der Waals surface area contributed by atoms with Crippen LogP contribution < -0.4 is 0 Å². The standard InChI is InChI=1S/C12H15NO2Si/c1-15-12(14)11-9-13-7-5-10(11)6-8-16(2,3)4/h5,7,9H,1-4H3. The fourth-order valence-corrected chi connectivity index (χ4v) is 1.54. The number of nitrogens with zero attached hydrogens (tertiary/aromatic N) is 1. The molecule has 1 aromatic heterocycles. The van der Waals surface area contributed by atoms with Gasteiger partial charge < -0.3 is 4.74 Å². The number of ether oxygens (including phenoxy) is 1. The third kappa shape index (κ3) is 3.52. The van der Waals surface area contributed by atoms with E-state index in [1.54, 1.807) is 12.3 Å². The van der Waals surface area contributed by atoms with Crippen LogP contribution in [-0.4, -0.2) is 26.1 Å². The van der Waals surface area contributed by atoms with Crippen molar-refractivity contribution in [3.05, 3.63) is 29.6 Å². The lowest BCUT2D eigenvalue weighted by molar-refractivity contribution is 0.0600. The number of carbonyl (C=O) groups is 1. The first kappa shape index (κ1) is 12.5. The predicted octanol–water partition coefficient (Wildman–Crippen LogP) is 2.10. The first-order chi connectivity index (χ1) is 7.44. The molecule has 16 heavy (non-hydrogen) atoms. The first-order valence-corrected chi connectivity index (χ1v) is 8.49. The summed E-state index contributed by atoms with van der Waals surface area (Å²) in [7, 11) is -0.0893. The summed E-state index contributed by atoms with van der Waals surface area (Å²) < 4.78 is 4.67. The third-order valence-electron chi connectivity index (χ3n) is 1.80. The van der Waals surface area contributed by atoms with E-state index >= 15 is 0 Å². The Labute approximate surface area is 96.9 Å². The molecule has 0 saturated carbocycles. The monoisotopic (exact) mass is 233 g/mol. The third-order valence-corrected chi connectivity index (χ3v) is 2.67. The highest BCUT2D eigenvalue weighted by atomic mass is 28.3. The van der Waals surface area contributed by atoms with Gasteiger partial charge in [-0.1, -0.05) is 25.6 Å². The van der Waals surface area contributed by atoms with Gasteiger partial charge in [0.15, 0.2) is 0 Å². The molecule has 0 fully saturated rings. The fraction of sp³-hybridized carbons (Fsp3) is 0.333. The zero-order chi connectivity index (χ0) is 12.2. The van der Waals surface area contributed by atoms with Gasteiger partial charge in [0.2, 0.25) is 0 Å². The van der Waals surface area contributed by atoms with Crippen LogP contribution in [0.4, 0.5) is 0 Å². The van der Waals surface area contributed by atoms with Crippen molar-refractivity contribution in [3.63, 3.8) is 0 Å². The summed E-state index contributed by atoms with van der Waals surface area (Å²) in [5, 5.41) is 0. The summed E-state index contributed by atoms with van der Waals surface area (Å²) in [5.74, 6) is 2.64. The Bertz CT molecular complexity index is 452. The summed E-state index contributed by atoms with van der Waals surface area (Å²) in [4.78, 5) is 15.3. The Morgan fingerprint density at radius 1 is 1.44 bits per heavy atom. The number of methoxy groups -OCH3 is 1. The molecule has 0 unspecified atom stereocenters. The maximum Gasteiger partial charge on any atom is 0.340 e. The minimum absolute atomic E-state index is 0.395. The summed E-state index contributed by atoms with van der Waals surface area (Å²) >= 11 is 0. The molecule has 0 radical (unpaired) electrons. The molecule has 3 nitrogen and oxygen atoms in total. The molecule has 1 heterocycles. The van der Waals surface area contributed by atoms with Crippen molar-refractivity contribution in [1.82, 2.24) is 4.98 Å². The molecule has 0 amide bonds. The lowest BCUT2D eigenvalue weighted by Crippen LogP contribution is -2.16. The topological polar surface area (TPSA) is 39.2 Å². The molecule has 1 rings (SSSR count). The Kier molecular flexibility index (Phi) is 3.86. The van der Waals surface area contributed by atoms with E-state index in [-0.39, 0.29) is 0 Å². The number of carbonyl (C=O) groups excluding carboxylic acids is 1. The Morgan fingerprint density at radius 3 is 2.69 bits per heavy atom. The van der Waals surface area contributed by atoms with Crippen molar-refractivity contribution in [2.75, 3.05) is 7.11 Å². The number of rotatable bonds is 1. The molecule has 0 N–H and O–H groups in total. The smallest absolute Gasteiger partial charge is 0.340 e. The Hall–Kier alpha value is -1.60. The minimum Gasteiger partial charge on any atom is -0.465 e. The van der Waals surface area contributed by atoms with E-state index in [4.69, 9.17) is 0 Å². The molecular weight excluding hydrogens is 218 g/mol. The van der Waals surface area contributed by atoms with E-state index in [2.05, 4.69) is 40.8 Å². The second-order valence-electron chi connectivity index (χ2n) is 4.41. The van der Waals surface area contributed by atoms with Crippen LogP contribution in [0.5, 0.6) is 0 Å². The van der Waals surface area contributed by atoms with Gasteiger partial charge in [0, 0.05) is 18.0 Å². The van der Waals surface area contributed by atoms with Gasteiger partial charge in [-0.05, 0) is 6.07 Å². The van der Waals surface area contributed by atoms with Crippen molar-refractivity contribution < 1.29 is 9.53 Å². The number of aromatic nitrogens is 1. The number of pyridine rings is 1. The molecule has 0 aliphatic rings. The van der Waals surface area contributed by atoms with Crippen LogP contribution >= 0.6 is 0 Å². The summed E-state index contributed by atoms with van der Waals surface area (Å²) in [6.45, 7) is 6.46. The zero-order valence-corrected chi connectivity index (χ0v) is 11.0. The van der Waals surface area contributed by atoms with Gasteiger partial charge in [0.1, 0.15) is 8.07 Å². The van der Waals surface area contributed by atoms with Crippen LogP contribution in [0.1, 0.15) is 15.9 Å². The minimum atomic E-state index is -1.44. The summed E-state index contributed by atoms with van der Waals surface area (Å²) in [5.41, 5.74) is 4.32. The van der Waals surface area contributed by atoms with E-state index in [0.717, 1.165) is 0 Å². The quantitative estimate of drug-likeness (QED) is 0.423. The SMILES string of the molecule is COC(=O)c1cnccc1C#C[Si](C)(C)C. The van der Waals surface area contributed by atoms with Crippen LogP contribution in [0.2, 0.25) is 19.6 Å². The van der Waals surface area contributed by atoms with E-state index in [1.807, 2.05) is 0 Å². The molecule has 0 bridgehead atoms. The highest BCUT2D eigenvalue weighted by Crippen LogP contribution is 2.07. The molecule has 0 spiro atoms. The Balaban J connectivity index is 3.13. The van der Waals surface area contributed by atoms with Crippen LogP contribution in [0.15, 0.2) is 18.5 Å². The molecular formula is C12H15NO2Si. The van der Waals surface area contributed by atoms with Crippen LogP contribution in [0.3, 0.4) is 0 Å². The predicted molar refractivity (Wildman–Crippen MR) is 65.8 cm³/mol. The lowest BCUT2D eigenvalue weighted by atomic mass is 10.1. The molecule has 0 aliphatic heterocycles. The van der Waals surface area contributed by atoms with Gasteiger partial charge in [-0.15, -0.1) is 5.54 Å². The van der Waals surface area contributed by atoms with Gasteiger partial charge in [-0.2, -0.15) is 0 Å². The first-order valence-electron chi connectivity index (χ1n) is 4.99. The molecule has 0 atom stereocenters. The van der Waals surface area contributed by atoms with Crippen molar-refractivity contribution in [1.29, 1.82) is 0 Å². The van der Waals surface area contributed by atoms with Crippen molar-refractivity contribution in [3.8, 4) is 11.5 Å². The summed E-state index contributed by atoms with van der Waals surface area (Å²) in [6, 6.07) is 1.74. The molecule has 4 heteroatoms. The van der Waals surface area contributed by atoms with Gasteiger partial charge in [-0.25, -0.2) is 4.79 Å². The van der Waals surface area contributed by atoms with E-state index in [9.17, 15) is 4.79 Å². The van der Waals surface area contributed by atoms with E-state index in [1.165, 1.54) is 13.3 Å². The molecule has 0 aliphatic carbocycles. The van der Waals surface area contributed by atoms with Gasteiger partial charge in [0.05, 0.1) is 12.7 Å². The average Bonchev–Trinajstić information content (AvgIpc) is 2.25. The molecule has 1 aromatic rings. The zero-order valence-electron chi connectivity index (χ0n) is 10.00. The highest BCUT2D eigenvalue weighted by Gasteiger charge is 2.11. The molecule has 0 aromatic carbocycles. The van der Waals surface area contributed by atoms with Gasteiger partial charge >= 0.3 is 5.97 Å². The lowest BCUT2D eigenvalue weighted by Gasteiger charge is -2.05. The summed E-state index contributed by atoms with van der Waals surface area (Å²) in [6.07, 6.45) is 3.11. The van der Waals surface area contributed by atoms with Crippen molar-refractivity contribution >= 4 is 14.0 Å². The Morgan fingerprint density at radius 2 is 2.12 bits per heavy atom. The molecule has 84 valence electrons. The van der Waals surface area contributed by atoms with Crippen LogP contribution in [-0.2, 0) is 4.74 Å². The number of hydrogen-bond donors (Lipinski definition) is 0. The van der Waals surface area contributed by atoms with Crippen molar-refractivity contribution in [2.24, 2.45) is 0 Å². The van der Waals surface area contributed by atoms with Gasteiger partial charge in [-0.3, -0.25) is 4.98 Å². The maximum absolute atomic E-state index is 11.4. The average molecular weight is 233 g/mol. The number of esters is 1. The van der Waals surface area contributed by atoms with Crippen LogP contribution in [0.25, 0.3) is 0 Å². The van der Waals surface area contributed by atoms with Crippen molar-refractivity contribution in [2.45, 2.75) is 19.6 Å². The normalized spacial score (nSPS) is 10.2. The second-order valence-corrected chi connectivity index (χ2v) is 9.16. The number of hydrogen-bond acceptors (Lipinski definition) is 3. The van der Waals surface area contributed by atoms with E-state index < -0.39 is 14.0 Å². The van der Waals surface area contributed by atoms with Crippen LogP contribution in [0, 0.1) is 11.5 Å². The van der Waals surface area contributed by atoms with Gasteiger partial charge in [0.25, 0.3) is 0 Å². The largest absolute Gasteiger partial charge is 0.465 e. The highest BCUT2D eigenvalue weighted by molar-refractivity contribution is 6.83. The fourth-order valence-electron chi connectivity index (χ4n) is 1.03. The van der Waals surface area contributed by atoms with E-state index in [0.29, 0.717) is 11.1 Å². The molecule has 0 saturated heterocycles. The maximum atomic E-state index is 11.4.